The number of benzene rings is 12. The van der Waals surface area contributed by atoms with Crippen molar-refractivity contribution >= 4 is 49.6 Å². The van der Waals surface area contributed by atoms with Gasteiger partial charge in [0.1, 0.15) is 0 Å². The first-order chi connectivity index (χ1) is 36.2. The summed E-state index contributed by atoms with van der Waals surface area (Å²) in [4.78, 5) is 2.47. The fraction of sp³-hybridized carbons (Fsp3) is 0.0141. The van der Waals surface area contributed by atoms with Crippen LogP contribution in [0.4, 0.5) is 17.1 Å². The largest absolute Gasteiger partial charge is 0.310 e. The van der Waals surface area contributed by atoms with Crippen molar-refractivity contribution in [2.45, 2.75) is 5.41 Å². The lowest BCUT2D eigenvalue weighted by Gasteiger charge is -2.35. The van der Waals surface area contributed by atoms with Gasteiger partial charge in [-0.25, -0.2) is 0 Å². The van der Waals surface area contributed by atoms with Gasteiger partial charge in [0, 0.05) is 38.9 Å². The molecule has 0 fully saturated rings. The van der Waals surface area contributed by atoms with Gasteiger partial charge in [0.2, 0.25) is 0 Å². The Labute approximate surface area is 426 Å². The SMILES string of the molecule is c1ccc(-c2cc(-c3ccccc3)cc(N(c3ccc(-c4ccc5c6ccc7ccccc7c6n(-c6ccccc6)c5c4)cc3)c3ccc4c(c3)C(c3ccccc3)(c3ccccc3)c3ccccc3-4)c2)cc1. The van der Waals surface area contributed by atoms with Crippen molar-refractivity contribution in [2.75, 3.05) is 4.90 Å². The maximum absolute atomic E-state index is 2.47. The molecule has 0 saturated heterocycles. The van der Waals surface area contributed by atoms with Crippen molar-refractivity contribution in [3.63, 3.8) is 0 Å². The van der Waals surface area contributed by atoms with Crippen LogP contribution in [0.25, 0.3) is 82.8 Å². The van der Waals surface area contributed by atoms with Crippen LogP contribution in [0, 0.1) is 0 Å². The van der Waals surface area contributed by atoms with Gasteiger partial charge in [0.15, 0.2) is 0 Å². The van der Waals surface area contributed by atoms with E-state index < -0.39 is 5.41 Å². The summed E-state index contributed by atoms with van der Waals surface area (Å²) in [5, 5.41) is 4.98. The lowest BCUT2D eigenvalue weighted by atomic mass is 9.67. The molecule has 13 aromatic rings. The first-order valence-electron chi connectivity index (χ1n) is 25.2. The van der Waals surface area contributed by atoms with E-state index in [2.05, 4.69) is 301 Å². The van der Waals surface area contributed by atoms with Crippen LogP contribution < -0.4 is 4.90 Å². The van der Waals surface area contributed by atoms with Gasteiger partial charge in [-0.3, -0.25) is 0 Å². The standard InChI is InChI=1S/C71H48N2/c1-6-20-49(21-7-1)54-44-55(50-22-8-2-9-23-50)46-61(45-54)72(60-40-43-64-63-32-18-19-33-67(63)71(68(64)48-60,56-25-10-3-11-26-56)57-27-12-4-13-28-57)59-38-34-51(35-39-59)53-37-41-65-66-42-36-52-24-16-17-31-62(52)70(66)73(69(65)47-53)58-29-14-5-15-30-58/h1-48H. The van der Waals surface area contributed by atoms with Crippen molar-refractivity contribution in [3.05, 3.63) is 313 Å². The molecule has 0 bridgehead atoms. The Kier molecular flexibility index (Phi) is 10.1. The van der Waals surface area contributed by atoms with Crippen LogP contribution in [0.2, 0.25) is 0 Å². The van der Waals surface area contributed by atoms with E-state index in [-0.39, 0.29) is 0 Å². The third-order valence-electron chi connectivity index (χ3n) is 15.2. The molecular weight excluding hydrogens is 881 g/mol. The topological polar surface area (TPSA) is 8.17 Å². The molecule has 0 amide bonds. The first kappa shape index (κ1) is 42.4. The van der Waals surface area contributed by atoms with Gasteiger partial charge < -0.3 is 9.47 Å². The molecule has 73 heavy (non-hydrogen) atoms. The molecule has 0 atom stereocenters. The molecule has 1 aliphatic carbocycles. The summed E-state index contributed by atoms with van der Waals surface area (Å²) >= 11 is 0. The zero-order chi connectivity index (χ0) is 48.3. The number of anilines is 3. The average Bonchev–Trinajstić information content (AvgIpc) is 4.02. The van der Waals surface area contributed by atoms with Crippen molar-refractivity contribution in [3.8, 4) is 50.2 Å². The molecule has 2 heteroatoms. The van der Waals surface area contributed by atoms with Gasteiger partial charge in [0.25, 0.3) is 0 Å². The maximum atomic E-state index is 2.47. The van der Waals surface area contributed by atoms with E-state index >= 15 is 0 Å². The monoisotopic (exact) mass is 928 g/mol. The van der Waals surface area contributed by atoms with Gasteiger partial charge in [-0.2, -0.15) is 0 Å². The summed E-state index contributed by atoms with van der Waals surface area (Å²) in [5.41, 5.74) is 20.8. The molecule has 1 aromatic heterocycles. The van der Waals surface area contributed by atoms with E-state index in [0.717, 1.165) is 45.0 Å². The molecule has 0 spiro atoms. The normalized spacial score (nSPS) is 12.5. The molecule has 0 N–H and O–H groups in total. The molecule has 1 heterocycles. The summed E-state index contributed by atoms with van der Waals surface area (Å²) in [6.45, 7) is 0. The summed E-state index contributed by atoms with van der Waals surface area (Å²) in [5.74, 6) is 0. The number of rotatable bonds is 9. The predicted molar refractivity (Wildman–Crippen MR) is 307 cm³/mol. The van der Waals surface area contributed by atoms with E-state index in [1.54, 1.807) is 0 Å². The van der Waals surface area contributed by atoms with Gasteiger partial charge in [-0.05, 0) is 133 Å². The predicted octanol–water partition coefficient (Wildman–Crippen LogP) is 18.8. The lowest BCUT2D eigenvalue weighted by molar-refractivity contribution is 0.768. The Bertz CT molecular complexity index is 4060. The number of nitrogens with zero attached hydrogens (tertiary/aromatic N) is 2. The molecule has 0 saturated carbocycles. The van der Waals surface area contributed by atoms with Crippen LogP contribution >= 0.6 is 0 Å². The maximum Gasteiger partial charge on any atom is 0.0714 e. The van der Waals surface area contributed by atoms with Crippen molar-refractivity contribution in [1.29, 1.82) is 0 Å². The van der Waals surface area contributed by atoms with Crippen LogP contribution in [0.1, 0.15) is 22.3 Å². The molecule has 0 unspecified atom stereocenters. The van der Waals surface area contributed by atoms with E-state index in [0.29, 0.717) is 0 Å². The fourth-order valence-corrected chi connectivity index (χ4v) is 12.0. The highest BCUT2D eigenvalue weighted by molar-refractivity contribution is 6.19. The molecule has 1 aliphatic rings. The highest BCUT2D eigenvalue weighted by Gasteiger charge is 2.46. The van der Waals surface area contributed by atoms with Crippen molar-refractivity contribution in [1.82, 2.24) is 4.57 Å². The number of aromatic nitrogens is 1. The highest BCUT2D eigenvalue weighted by atomic mass is 15.1. The van der Waals surface area contributed by atoms with Gasteiger partial charge in [-0.1, -0.05) is 231 Å². The Hall–Kier alpha value is -9.50. The summed E-state index contributed by atoms with van der Waals surface area (Å²) in [7, 11) is 0. The zero-order valence-corrected chi connectivity index (χ0v) is 40.1. The summed E-state index contributed by atoms with van der Waals surface area (Å²) in [6.07, 6.45) is 0. The zero-order valence-electron chi connectivity index (χ0n) is 40.1. The third kappa shape index (κ3) is 6.94. The Morgan fingerprint density at radius 1 is 0.288 bits per heavy atom. The van der Waals surface area contributed by atoms with Gasteiger partial charge in [0.05, 0.1) is 16.4 Å². The number of para-hydroxylation sites is 1. The van der Waals surface area contributed by atoms with E-state index in [9.17, 15) is 0 Å². The van der Waals surface area contributed by atoms with Crippen LogP contribution in [0.3, 0.4) is 0 Å². The number of hydrogen-bond acceptors (Lipinski definition) is 1. The number of hydrogen-bond donors (Lipinski definition) is 0. The molecule has 14 rings (SSSR count). The third-order valence-corrected chi connectivity index (χ3v) is 15.2. The van der Waals surface area contributed by atoms with E-state index in [1.165, 1.54) is 77.1 Å². The molecule has 0 aliphatic heterocycles. The lowest BCUT2D eigenvalue weighted by Crippen LogP contribution is -2.28. The second kappa shape index (κ2) is 17.4. The van der Waals surface area contributed by atoms with Crippen molar-refractivity contribution in [2.24, 2.45) is 0 Å². The summed E-state index contributed by atoms with van der Waals surface area (Å²) < 4.78 is 2.45. The van der Waals surface area contributed by atoms with E-state index in [4.69, 9.17) is 0 Å². The Balaban J connectivity index is 0.981. The Morgan fingerprint density at radius 3 is 1.48 bits per heavy atom. The molecule has 12 aromatic carbocycles. The number of fused-ring (bicyclic) bond motifs is 8. The van der Waals surface area contributed by atoms with E-state index in [1.807, 2.05) is 0 Å². The van der Waals surface area contributed by atoms with Gasteiger partial charge >= 0.3 is 0 Å². The van der Waals surface area contributed by atoms with Crippen molar-refractivity contribution < 1.29 is 0 Å². The minimum absolute atomic E-state index is 0.547. The van der Waals surface area contributed by atoms with Crippen LogP contribution in [0.5, 0.6) is 0 Å². The second-order valence-corrected chi connectivity index (χ2v) is 19.2. The summed E-state index contributed by atoms with van der Waals surface area (Å²) in [6, 6.07) is 107. The minimum atomic E-state index is -0.547. The Morgan fingerprint density at radius 2 is 0.808 bits per heavy atom. The van der Waals surface area contributed by atoms with Crippen LogP contribution in [0.15, 0.2) is 291 Å². The second-order valence-electron chi connectivity index (χ2n) is 19.2. The van der Waals surface area contributed by atoms with Crippen LogP contribution in [-0.2, 0) is 5.41 Å². The fourth-order valence-electron chi connectivity index (χ4n) is 12.0. The quantitative estimate of drug-likeness (QED) is 0.140. The average molecular weight is 929 g/mol. The minimum Gasteiger partial charge on any atom is -0.310 e. The molecule has 2 nitrogen and oxygen atoms in total. The van der Waals surface area contributed by atoms with Crippen LogP contribution in [-0.4, -0.2) is 4.57 Å². The smallest absolute Gasteiger partial charge is 0.0714 e. The molecule has 0 radical (unpaired) electrons. The molecule has 342 valence electrons. The first-order valence-corrected chi connectivity index (χ1v) is 25.2. The molecular formula is C71H48N2. The highest BCUT2D eigenvalue weighted by Crippen LogP contribution is 2.57. The van der Waals surface area contributed by atoms with Gasteiger partial charge in [-0.15, -0.1) is 0 Å².